The Hall–Kier alpha value is -2.55. The summed E-state index contributed by atoms with van der Waals surface area (Å²) in [5.41, 5.74) is 2.84. The van der Waals surface area contributed by atoms with Crippen LogP contribution in [0.15, 0.2) is 18.6 Å². The van der Waals surface area contributed by atoms with Crippen molar-refractivity contribution in [3.8, 4) is 5.82 Å². The summed E-state index contributed by atoms with van der Waals surface area (Å²) in [6, 6.07) is 0. The van der Waals surface area contributed by atoms with E-state index < -0.39 is 4.92 Å². The summed E-state index contributed by atoms with van der Waals surface area (Å²) in [5.74, 6) is 5.30. The Morgan fingerprint density at radius 3 is 2.82 bits per heavy atom. The van der Waals surface area contributed by atoms with Crippen molar-refractivity contribution >= 4 is 11.6 Å². The second-order valence-corrected chi connectivity index (χ2v) is 3.27. The smallest absolute Gasteiger partial charge is 0.292 e. The Morgan fingerprint density at radius 2 is 2.29 bits per heavy atom. The van der Waals surface area contributed by atoms with Crippen molar-refractivity contribution in [2.45, 2.75) is 6.92 Å². The minimum atomic E-state index is -0.577. The molecule has 0 aliphatic carbocycles. The maximum Gasteiger partial charge on any atom is 0.332 e. The number of nitrogens with one attached hydrogen (secondary N) is 1. The average molecular weight is 235 g/mol. The van der Waals surface area contributed by atoms with E-state index >= 15 is 0 Å². The van der Waals surface area contributed by atoms with Gasteiger partial charge < -0.3 is 0 Å². The minimum absolute atomic E-state index is 0.0612. The Bertz CT molecular complexity index is 565. The fraction of sp³-hybridized carbons (Fsp3) is 0.125. The van der Waals surface area contributed by atoms with Crippen molar-refractivity contribution in [1.82, 2.24) is 19.7 Å². The lowest BCUT2D eigenvalue weighted by atomic mass is 10.4. The zero-order valence-electron chi connectivity index (χ0n) is 8.86. The Morgan fingerprint density at radius 1 is 1.53 bits per heavy atom. The van der Waals surface area contributed by atoms with E-state index in [4.69, 9.17) is 5.84 Å². The molecule has 0 radical (unpaired) electrons. The van der Waals surface area contributed by atoms with Crippen LogP contribution in [-0.4, -0.2) is 24.7 Å². The van der Waals surface area contributed by atoms with Crippen LogP contribution in [0, 0.1) is 17.0 Å². The fourth-order valence-electron chi connectivity index (χ4n) is 1.26. The lowest BCUT2D eigenvalue weighted by Gasteiger charge is -2.03. The van der Waals surface area contributed by atoms with Crippen LogP contribution in [0.3, 0.4) is 0 Å². The van der Waals surface area contributed by atoms with Gasteiger partial charge in [0.05, 0.1) is 11.1 Å². The third-order valence-corrected chi connectivity index (χ3v) is 2.00. The van der Waals surface area contributed by atoms with Gasteiger partial charge in [0.2, 0.25) is 11.8 Å². The highest BCUT2D eigenvalue weighted by molar-refractivity contribution is 5.48. The molecule has 9 nitrogen and oxygen atoms in total. The molecule has 0 aliphatic heterocycles. The first-order valence-corrected chi connectivity index (χ1v) is 4.61. The summed E-state index contributed by atoms with van der Waals surface area (Å²) in [5, 5.41) is 14.8. The van der Waals surface area contributed by atoms with Gasteiger partial charge in [0, 0.05) is 6.20 Å². The standard InChI is InChI=1S/C8H9N7O2/c1-5-2-11-14(4-5)7-6(15(16)17)3-10-8(12-7)13-9/h2-4H,9H2,1H3,(H,10,12,13). The third-order valence-electron chi connectivity index (χ3n) is 2.00. The Balaban J connectivity index is 2.60. The minimum Gasteiger partial charge on any atom is -0.292 e. The van der Waals surface area contributed by atoms with Crippen molar-refractivity contribution in [3.05, 3.63) is 34.3 Å². The Kier molecular flexibility index (Phi) is 2.66. The molecule has 0 aliphatic rings. The number of hydrogen-bond donors (Lipinski definition) is 2. The van der Waals surface area contributed by atoms with Gasteiger partial charge >= 0.3 is 5.69 Å². The van der Waals surface area contributed by atoms with Crippen molar-refractivity contribution in [2.24, 2.45) is 5.84 Å². The summed E-state index contributed by atoms with van der Waals surface area (Å²) in [4.78, 5) is 17.8. The molecule has 2 aromatic rings. The summed E-state index contributed by atoms with van der Waals surface area (Å²) >= 11 is 0. The van der Waals surface area contributed by atoms with Gasteiger partial charge in [-0.25, -0.2) is 15.5 Å². The topological polar surface area (TPSA) is 125 Å². The molecule has 0 fully saturated rings. The molecular weight excluding hydrogens is 226 g/mol. The zero-order valence-corrected chi connectivity index (χ0v) is 8.86. The lowest BCUT2D eigenvalue weighted by Crippen LogP contribution is -2.13. The van der Waals surface area contributed by atoms with Crippen LogP contribution in [0.1, 0.15) is 5.56 Å². The van der Waals surface area contributed by atoms with E-state index in [2.05, 4.69) is 20.5 Å². The third kappa shape index (κ3) is 2.03. The molecular formula is C8H9N7O2. The van der Waals surface area contributed by atoms with E-state index in [9.17, 15) is 10.1 Å². The highest BCUT2D eigenvalue weighted by Crippen LogP contribution is 2.20. The van der Waals surface area contributed by atoms with Crippen molar-refractivity contribution in [1.29, 1.82) is 0 Å². The summed E-state index contributed by atoms with van der Waals surface area (Å²) in [7, 11) is 0. The highest BCUT2D eigenvalue weighted by Gasteiger charge is 2.19. The van der Waals surface area contributed by atoms with E-state index in [1.165, 1.54) is 4.68 Å². The van der Waals surface area contributed by atoms with Gasteiger partial charge in [0.25, 0.3) is 0 Å². The SMILES string of the molecule is Cc1cnn(-c2nc(NN)ncc2[N+](=O)[O-])c1. The van der Waals surface area contributed by atoms with Gasteiger partial charge in [-0.05, 0) is 12.5 Å². The van der Waals surface area contributed by atoms with Crippen LogP contribution >= 0.6 is 0 Å². The second-order valence-electron chi connectivity index (χ2n) is 3.27. The van der Waals surface area contributed by atoms with Crippen molar-refractivity contribution in [2.75, 3.05) is 5.43 Å². The molecule has 2 aromatic heterocycles. The molecule has 17 heavy (non-hydrogen) atoms. The summed E-state index contributed by atoms with van der Waals surface area (Å²) < 4.78 is 1.30. The molecule has 0 aromatic carbocycles. The average Bonchev–Trinajstić information content (AvgIpc) is 2.75. The molecule has 0 atom stereocenters. The van der Waals surface area contributed by atoms with Crippen molar-refractivity contribution in [3.63, 3.8) is 0 Å². The monoisotopic (exact) mass is 235 g/mol. The molecule has 2 heterocycles. The van der Waals surface area contributed by atoms with Crippen LogP contribution in [0.25, 0.3) is 5.82 Å². The molecule has 0 bridgehead atoms. The summed E-state index contributed by atoms with van der Waals surface area (Å²) in [6.07, 6.45) is 4.27. The Labute approximate surface area is 95.4 Å². The number of nitrogens with zero attached hydrogens (tertiary/aromatic N) is 5. The molecule has 0 amide bonds. The van der Waals surface area contributed by atoms with Crippen LogP contribution in [-0.2, 0) is 0 Å². The predicted octanol–water partition coefficient (Wildman–Crippen LogP) is 0.165. The van der Waals surface area contributed by atoms with Crippen molar-refractivity contribution < 1.29 is 4.92 Å². The van der Waals surface area contributed by atoms with Crippen LogP contribution < -0.4 is 11.3 Å². The molecule has 3 N–H and O–H groups in total. The second kappa shape index (κ2) is 4.14. The van der Waals surface area contributed by atoms with Crippen LogP contribution in [0.4, 0.5) is 11.6 Å². The molecule has 0 unspecified atom stereocenters. The first-order chi connectivity index (χ1) is 8.11. The van der Waals surface area contributed by atoms with E-state index in [-0.39, 0.29) is 17.5 Å². The van der Waals surface area contributed by atoms with Gasteiger partial charge in [-0.1, -0.05) is 0 Å². The number of nitrogen functional groups attached to an aromatic ring is 1. The van der Waals surface area contributed by atoms with Gasteiger partial charge in [0.1, 0.15) is 6.20 Å². The normalized spacial score (nSPS) is 10.2. The summed E-state index contributed by atoms with van der Waals surface area (Å²) in [6.45, 7) is 1.82. The van der Waals surface area contributed by atoms with Gasteiger partial charge in [-0.2, -0.15) is 10.1 Å². The predicted molar refractivity (Wildman–Crippen MR) is 58.4 cm³/mol. The maximum atomic E-state index is 10.8. The number of aryl methyl sites for hydroxylation is 1. The number of aromatic nitrogens is 4. The molecule has 0 spiro atoms. The number of rotatable bonds is 3. The van der Waals surface area contributed by atoms with E-state index in [0.717, 1.165) is 11.8 Å². The fourth-order valence-corrected chi connectivity index (χ4v) is 1.26. The first-order valence-electron chi connectivity index (χ1n) is 4.61. The number of hydrazine groups is 1. The van der Waals surface area contributed by atoms with Crippen LogP contribution in [0.5, 0.6) is 0 Å². The quantitative estimate of drug-likeness (QED) is 0.441. The zero-order chi connectivity index (χ0) is 12.4. The van der Waals surface area contributed by atoms with Gasteiger partial charge in [-0.3, -0.25) is 15.5 Å². The number of anilines is 1. The lowest BCUT2D eigenvalue weighted by molar-refractivity contribution is -0.385. The molecule has 9 heteroatoms. The van der Waals surface area contributed by atoms with Crippen LogP contribution in [0.2, 0.25) is 0 Å². The number of nitro groups is 1. The largest absolute Gasteiger partial charge is 0.332 e. The molecule has 0 saturated heterocycles. The number of nitrogens with two attached hydrogens (primary N) is 1. The van der Waals surface area contributed by atoms with Gasteiger partial charge in [0.15, 0.2) is 0 Å². The van der Waals surface area contributed by atoms with E-state index in [1.54, 1.807) is 12.4 Å². The molecule has 0 saturated carbocycles. The highest BCUT2D eigenvalue weighted by atomic mass is 16.6. The van der Waals surface area contributed by atoms with E-state index in [0.29, 0.717) is 0 Å². The molecule has 2 rings (SSSR count). The maximum absolute atomic E-state index is 10.8. The van der Waals surface area contributed by atoms with Gasteiger partial charge in [-0.15, -0.1) is 0 Å². The van der Waals surface area contributed by atoms with E-state index in [1.807, 2.05) is 6.92 Å². The first kappa shape index (κ1) is 11.0. The molecule has 88 valence electrons. The number of hydrogen-bond acceptors (Lipinski definition) is 7.